The molecule has 1 nitrogen and oxygen atoms in total. The molecule has 0 bridgehead atoms. The lowest BCUT2D eigenvalue weighted by atomic mass is 10.0. The van der Waals surface area contributed by atoms with Gasteiger partial charge in [-0.1, -0.05) is 57.5 Å². The van der Waals surface area contributed by atoms with Crippen molar-refractivity contribution < 1.29 is 4.74 Å². The first-order valence-corrected chi connectivity index (χ1v) is 6.95. The minimum atomic E-state index is 0.730. The van der Waals surface area contributed by atoms with Crippen molar-refractivity contribution in [1.82, 2.24) is 0 Å². The molecule has 0 radical (unpaired) electrons. The summed E-state index contributed by atoms with van der Waals surface area (Å²) in [4.78, 5) is 0. The number of hydrogen-bond donors (Lipinski definition) is 0. The molecule has 0 saturated carbocycles. The Bertz CT molecular complexity index is 387. The number of benzene rings is 1. The van der Waals surface area contributed by atoms with Crippen LogP contribution in [0.15, 0.2) is 53.8 Å². The SMILES string of the molecule is CC.CCCC1=CCOC(Cc2ccccc2)=C1. The Morgan fingerprint density at radius 2 is 1.83 bits per heavy atom. The minimum Gasteiger partial charge on any atom is -0.494 e. The maximum atomic E-state index is 5.64. The molecule has 0 fully saturated rings. The highest BCUT2D eigenvalue weighted by Crippen LogP contribution is 2.18. The van der Waals surface area contributed by atoms with Gasteiger partial charge >= 0.3 is 0 Å². The predicted molar refractivity (Wildman–Crippen MR) is 78.5 cm³/mol. The quantitative estimate of drug-likeness (QED) is 0.732. The highest BCUT2D eigenvalue weighted by Gasteiger charge is 2.06. The highest BCUT2D eigenvalue weighted by atomic mass is 16.5. The van der Waals surface area contributed by atoms with E-state index in [1.54, 1.807) is 0 Å². The predicted octanol–water partition coefficient (Wildman–Crippen LogP) is 4.90. The monoisotopic (exact) mass is 244 g/mol. The molecule has 1 heterocycles. The van der Waals surface area contributed by atoms with Gasteiger partial charge in [0, 0.05) is 6.42 Å². The second-order valence-electron chi connectivity index (χ2n) is 4.11. The summed E-state index contributed by atoms with van der Waals surface area (Å²) in [5, 5.41) is 0. The molecule has 1 aromatic carbocycles. The van der Waals surface area contributed by atoms with Gasteiger partial charge in [0.1, 0.15) is 12.4 Å². The summed E-state index contributed by atoms with van der Waals surface area (Å²) in [6.07, 6.45) is 7.63. The third-order valence-electron chi connectivity index (χ3n) is 2.72. The van der Waals surface area contributed by atoms with Gasteiger partial charge in [0.15, 0.2) is 0 Å². The van der Waals surface area contributed by atoms with E-state index >= 15 is 0 Å². The van der Waals surface area contributed by atoms with Gasteiger partial charge in [-0.15, -0.1) is 0 Å². The average molecular weight is 244 g/mol. The molecule has 1 heteroatoms. The van der Waals surface area contributed by atoms with Gasteiger partial charge in [-0.3, -0.25) is 0 Å². The van der Waals surface area contributed by atoms with E-state index < -0.39 is 0 Å². The van der Waals surface area contributed by atoms with Crippen LogP contribution in [0.3, 0.4) is 0 Å². The van der Waals surface area contributed by atoms with Crippen molar-refractivity contribution in [1.29, 1.82) is 0 Å². The molecule has 1 aromatic rings. The topological polar surface area (TPSA) is 9.23 Å². The number of ether oxygens (including phenoxy) is 1. The van der Waals surface area contributed by atoms with Crippen LogP contribution in [-0.4, -0.2) is 6.61 Å². The van der Waals surface area contributed by atoms with Crippen LogP contribution in [0, 0.1) is 0 Å². The van der Waals surface area contributed by atoms with Gasteiger partial charge in [-0.2, -0.15) is 0 Å². The Labute approximate surface area is 111 Å². The third-order valence-corrected chi connectivity index (χ3v) is 2.72. The molecular weight excluding hydrogens is 220 g/mol. The van der Waals surface area contributed by atoms with E-state index in [0.717, 1.165) is 25.2 Å². The first-order chi connectivity index (χ1) is 8.88. The summed E-state index contributed by atoms with van der Waals surface area (Å²) >= 11 is 0. The van der Waals surface area contributed by atoms with Crippen LogP contribution >= 0.6 is 0 Å². The fourth-order valence-electron chi connectivity index (χ4n) is 1.93. The van der Waals surface area contributed by atoms with Gasteiger partial charge in [0.05, 0.1) is 0 Å². The molecule has 0 N–H and O–H groups in total. The van der Waals surface area contributed by atoms with Gasteiger partial charge in [-0.05, 0) is 29.7 Å². The van der Waals surface area contributed by atoms with E-state index in [-0.39, 0.29) is 0 Å². The van der Waals surface area contributed by atoms with Crippen LogP contribution in [0.25, 0.3) is 0 Å². The lowest BCUT2D eigenvalue weighted by Gasteiger charge is -2.15. The van der Waals surface area contributed by atoms with Crippen molar-refractivity contribution in [2.45, 2.75) is 40.0 Å². The van der Waals surface area contributed by atoms with Crippen molar-refractivity contribution in [3.05, 3.63) is 59.4 Å². The minimum absolute atomic E-state index is 0.730. The van der Waals surface area contributed by atoms with Crippen molar-refractivity contribution in [2.24, 2.45) is 0 Å². The van der Waals surface area contributed by atoms with Gasteiger partial charge in [0.2, 0.25) is 0 Å². The second-order valence-corrected chi connectivity index (χ2v) is 4.11. The first-order valence-electron chi connectivity index (χ1n) is 6.95. The van der Waals surface area contributed by atoms with Gasteiger partial charge in [0.25, 0.3) is 0 Å². The van der Waals surface area contributed by atoms with E-state index in [1.165, 1.54) is 17.6 Å². The van der Waals surface area contributed by atoms with Crippen LogP contribution in [0.4, 0.5) is 0 Å². The zero-order chi connectivity index (χ0) is 13.2. The van der Waals surface area contributed by atoms with Crippen LogP contribution in [0.2, 0.25) is 0 Å². The Balaban J connectivity index is 0.000000771. The molecular formula is C17H24O. The summed E-state index contributed by atoms with van der Waals surface area (Å²) in [7, 11) is 0. The van der Waals surface area contributed by atoms with Crippen LogP contribution in [-0.2, 0) is 11.2 Å². The molecule has 0 aromatic heterocycles. The zero-order valence-electron chi connectivity index (χ0n) is 11.8. The maximum Gasteiger partial charge on any atom is 0.106 e. The van der Waals surface area contributed by atoms with Gasteiger partial charge < -0.3 is 4.74 Å². The molecule has 0 spiro atoms. The van der Waals surface area contributed by atoms with Crippen molar-refractivity contribution in [3.8, 4) is 0 Å². The third kappa shape index (κ3) is 4.79. The molecule has 1 aliphatic rings. The van der Waals surface area contributed by atoms with E-state index in [0.29, 0.717) is 0 Å². The summed E-state index contributed by atoms with van der Waals surface area (Å²) in [5.74, 6) is 1.09. The van der Waals surface area contributed by atoms with Crippen LogP contribution in [0.5, 0.6) is 0 Å². The van der Waals surface area contributed by atoms with E-state index in [2.05, 4.69) is 43.3 Å². The molecule has 0 saturated heterocycles. The smallest absolute Gasteiger partial charge is 0.106 e. The number of allylic oxidation sites excluding steroid dienone is 3. The van der Waals surface area contributed by atoms with E-state index in [9.17, 15) is 0 Å². The summed E-state index contributed by atoms with van der Waals surface area (Å²) in [6, 6.07) is 10.5. The number of hydrogen-bond acceptors (Lipinski definition) is 1. The molecule has 0 atom stereocenters. The normalized spacial score (nSPS) is 13.7. The van der Waals surface area contributed by atoms with Crippen LogP contribution in [0.1, 0.15) is 39.2 Å². The first kappa shape index (κ1) is 14.6. The highest BCUT2D eigenvalue weighted by molar-refractivity contribution is 5.28. The summed E-state index contributed by atoms with van der Waals surface area (Å²) < 4.78 is 5.64. The van der Waals surface area contributed by atoms with Crippen LogP contribution < -0.4 is 0 Å². The maximum absolute atomic E-state index is 5.64. The Kier molecular flexibility index (Phi) is 6.93. The largest absolute Gasteiger partial charge is 0.494 e. The Morgan fingerprint density at radius 1 is 1.11 bits per heavy atom. The zero-order valence-corrected chi connectivity index (χ0v) is 11.8. The second kappa shape index (κ2) is 8.57. The molecule has 2 rings (SSSR count). The summed E-state index contributed by atoms with van der Waals surface area (Å²) in [6.45, 7) is 6.94. The molecule has 18 heavy (non-hydrogen) atoms. The molecule has 0 unspecified atom stereocenters. The van der Waals surface area contributed by atoms with Crippen molar-refractivity contribution in [3.63, 3.8) is 0 Å². The van der Waals surface area contributed by atoms with E-state index in [1.807, 2.05) is 19.9 Å². The standard InChI is InChI=1S/C15H18O.C2H6/c1-2-6-13-9-10-16-15(11-13)12-14-7-4-3-5-8-14;1-2/h3-5,7-9,11H,2,6,10,12H2,1H3;1-2H3. The van der Waals surface area contributed by atoms with Gasteiger partial charge in [-0.25, -0.2) is 0 Å². The van der Waals surface area contributed by atoms with Crippen molar-refractivity contribution >= 4 is 0 Å². The average Bonchev–Trinajstić information content (AvgIpc) is 2.43. The Hall–Kier alpha value is -1.50. The van der Waals surface area contributed by atoms with Crippen molar-refractivity contribution in [2.75, 3.05) is 6.61 Å². The number of rotatable bonds is 4. The summed E-state index contributed by atoms with van der Waals surface area (Å²) in [5.41, 5.74) is 2.73. The lowest BCUT2D eigenvalue weighted by molar-refractivity contribution is 0.235. The fraction of sp³-hybridized carbons (Fsp3) is 0.412. The van der Waals surface area contributed by atoms with E-state index in [4.69, 9.17) is 4.74 Å². The molecule has 0 aliphatic carbocycles. The Morgan fingerprint density at radius 3 is 2.50 bits per heavy atom. The lowest BCUT2D eigenvalue weighted by Crippen LogP contribution is -2.03. The molecule has 1 aliphatic heterocycles. The molecule has 98 valence electrons. The molecule has 0 amide bonds. The fourth-order valence-corrected chi connectivity index (χ4v) is 1.93.